The van der Waals surface area contributed by atoms with Crippen LogP contribution in [0.4, 0.5) is 4.39 Å². The molecule has 0 aromatic heterocycles. The van der Waals surface area contributed by atoms with E-state index in [2.05, 4.69) is 19.1 Å². The van der Waals surface area contributed by atoms with Crippen LogP contribution in [0.5, 0.6) is 0 Å². The van der Waals surface area contributed by atoms with Gasteiger partial charge in [-0.15, -0.1) is 0 Å². The highest BCUT2D eigenvalue weighted by Gasteiger charge is 2.37. The molecule has 2 aromatic rings. The molecule has 2 aliphatic rings. The molecule has 158 valence electrons. The normalized spacial score (nSPS) is 21.7. The van der Waals surface area contributed by atoms with Crippen molar-refractivity contribution in [3.8, 4) is 0 Å². The first kappa shape index (κ1) is 20.6. The summed E-state index contributed by atoms with van der Waals surface area (Å²) in [4.78, 5) is 30.0. The van der Waals surface area contributed by atoms with Gasteiger partial charge in [0.15, 0.2) is 0 Å². The van der Waals surface area contributed by atoms with Crippen molar-refractivity contribution in [2.45, 2.75) is 45.1 Å². The molecule has 0 bridgehead atoms. The third kappa shape index (κ3) is 4.40. The Kier molecular flexibility index (Phi) is 6.16. The van der Waals surface area contributed by atoms with E-state index in [0.29, 0.717) is 13.1 Å². The number of hydrogen-bond donors (Lipinski definition) is 0. The maximum absolute atomic E-state index is 13.4. The maximum Gasteiger partial charge on any atom is 0.227 e. The number of hydrogen-bond acceptors (Lipinski definition) is 2. The largest absolute Gasteiger partial charge is 0.342 e. The monoisotopic (exact) mass is 408 g/mol. The molecule has 2 heterocycles. The highest BCUT2D eigenvalue weighted by molar-refractivity contribution is 5.83. The van der Waals surface area contributed by atoms with Gasteiger partial charge in [0.05, 0.1) is 18.4 Å². The summed E-state index contributed by atoms with van der Waals surface area (Å²) < 4.78 is 13.1. The molecule has 2 aliphatic heterocycles. The zero-order chi connectivity index (χ0) is 21.1. The van der Waals surface area contributed by atoms with Crippen molar-refractivity contribution in [1.29, 1.82) is 0 Å². The van der Waals surface area contributed by atoms with E-state index in [1.165, 1.54) is 23.3 Å². The SMILES string of the molecule is Cc1ccccc1C1CCCN1C(=O)C1CCCN(C(=O)Cc2ccc(F)cc2)C1. The molecule has 4 rings (SSSR count). The molecule has 30 heavy (non-hydrogen) atoms. The molecular weight excluding hydrogens is 379 g/mol. The summed E-state index contributed by atoms with van der Waals surface area (Å²) in [5, 5.41) is 0. The van der Waals surface area contributed by atoms with Gasteiger partial charge in [0.2, 0.25) is 11.8 Å². The van der Waals surface area contributed by atoms with E-state index in [-0.39, 0.29) is 36.0 Å². The Labute approximate surface area is 177 Å². The van der Waals surface area contributed by atoms with Crippen molar-refractivity contribution in [2.75, 3.05) is 19.6 Å². The Morgan fingerprint density at radius 1 is 1.00 bits per heavy atom. The van der Waals surface area contributed by atoms with Crippen LogP contribution < -0.4 is 0 Å². The molecule has 2 saturated heterocycles. The van der Waals surface area contributed by atoms with E-state index in [1.807, 2.05) is 21.9 Å². The number of piperidine rings is 1. The Bertz CT molecular complexity index is 912. The molecule has 0 saturated carbocycles. The second kappa shape index (κ2) is 8.99. The first-order chi connectivity index (χ1) is 14.5. The molecule has 0 aliphatic carbocycles. The maximum atomic E-state index is 13.4. The van der Waals surface area contributed by atoms with Crippen LogP contribution in [-0.4, -0.2) is 41.2 Å². The lowest BCUT2D eigenvalue weighted by Crippen LogP contribution is -2.47. The number of likely N-dealkylation sites (tertiary alicyclic amines) is 2. The average molecular weight is 409 g/mol. The number of halogens is 1. The van der Waals surface area contributed by atoms with Gasteiger partial charge in [0.25, 0.3) is 0 Å². The van der Waals surface area contributed by atoms with Crippen LogP contribution >= 0.6 is 0 Å². The van der Waals surface area contributed by atoms with Crippen LogP contribution in [0.1, 0.15) is 48.4 Å². The van der Waals surface area contributed by atoms with Crippen molar-refractivity contribution < 1.29 is 14.0 Å². The van der Waals surface area contributed by atoms with Crippen LogP contribution in [0.25, 0.3) is 0 Å². The summed E-state index contributed by atoms with van der Waals surface area (Å²) in [5.41, 5.74) is 3.26. The fraction of sp³-hybridized carbons (Fsp3) is 0.440. The number of amides is 2. The Morgan fingerprint density at radius 3 is 2.50 bits per heavy atom. The predicted octanol–water partition coefficient (Wildman–Crippen LogP) is 4.28. The topological polar surface area (TPSA) is 40.6 Å². The van der Waals surface area contributed by atoms with Crippen molar-refractivity contribution >= 4 is 11.8 Å². The lowest BCUT2D eigenvalue weighted by molar-refractivity contribution is -0.141. The minimum Gasteiger partial charge on any atom is -0.342 e. The van der Waals surface area contributed by atoms with Gasteiger partial charge < -0.3 is 9.80 Å². The van der Waals surface area contributed by atoms with Gasteiger partial charge in [-0.1, -0.05) is 36.4 Å². The van der Waals surface area contributed by atoms with Gasteiger partial charge in [0.1, 0.15) is 5.82 Å². The third-order valence-corrected chi connectivity index (χ3v) is 6.48. The summed E-state index contributed by atoms with van der Waals surface area (Å²) in [6, 6.07) is 14.5. The van der Waals surface area contributed by atoms with Crippen LogP contribution in [0.3, 0.4) is 0 Å². The Morgan fingerprint density at radius 2 is 1.73 bits per heavy atom. The molecule has 2 amide bonds. The van der Waals surface area contributed by atoms with Gasteiger partial charge in [-0.05, 0) is 61.4 Å². The number of carbonyl (C=O) groups is 2. The quantitative estimate of drug-likeness (QED) is 0.758. The first-order valence-corrected chi connectivity index (χ1v) is 10.9. The summed E-state index contributed by atoms with van der Waals surface area (Å²) in [5.74, 6) is -0.250. The second-order valence-corrected chi connectivity index (χ2v) is 8.53. The number of aryl methyl sites for hydroxylation is 1. The zero-order valence-corrected chi connectivity index (χ0v) is 17.5. The zero-order valence-electron chi connectivity index (χ0n) is 17.5. The summed E-state index contributed by atoms with van der Waals surface area (Å²) >= 11 is 0. The summed E-state index contributed by atoms with van der Waals surface area (Å²) in [6.45, 7) is 4.06. The smallest absolute Gasteiger partial charge is 0.227 e. The lowest BCUT2D eigenvalue weighted by Gasteiger charge is -2.36. The third-order valence-electron chi connectivity index (χ3n) is 6.48. The van der Waals surface area contributed by atoms with E-state index in [1.54, 1.807) is 12.1 Å². The molecule has 0 spiro atoms. The number of rotatable bonds is 4. The van der Waals surface area contributed by atoms with E-state index >= 15 is 0 Å². The van der Waals surface area contributed by atoms with E-state index in [9.17, 15) is 14.0 Å². The molecule has 2 aromatic carbocycles. The summed E-state index contributed by atoms with van der Waals surface area (Å²) in [7, 11) is 0. The Hall–Kier alpha value is -2.69. The lowest BCUT2D eigenvalue weighted by atomic mass is 9.94. The number of nitrogens with zero attached hydrogens (tertiary/aromatic N) is 2. The van der Waals surface area contributed by atoms with Gasteiger partial charge >= 0.3 is 0 Å². The standard InChI is InChI=1S/C25H29FN2O2/c1-18-6-2-3-8-22(18)23-9-5-15-28(23)25(30)20-7-4-14-27(17-20)24(29)16-19-10-12-21(26)13-11-19/h2-3,6,8,10-13,20,23H,4-5,7,9,14-17H2,1H3. The van der Waals surface area contributed by atoms with E-state index < -0.39 is 0 Å². The molecule has 0 radical (unpaired) electrons. The highest BCUT2D eigenvalue weighted by Crippen LogP contribution is 2.35. The molecule has 2 unspecified atom stereocenters. The highest BCUT2D eigenvalue weighted by atomic mass is 19.1. The molecule has 2 atom stereocenters. The number of benzene rings is 2. The fourth-order valence-electron chi connectivity index (χ4n) is 4.84. The predicted molar refractivity (Wildman–Crippen MR) is 114 cm³/mol. The van der Waals surface area contributed by atoms with Crippen molar-refractivity contribution in [2.24, 2.45) is 5.92 Å². The van der Waals surface area contributed by atoms with Gasteiger partial charge in [-0.3, -0.25) is 9.59 Å². The Balaban J connectivity index is 1.42. The summed E-state index contributed by atoms with van der Waals surface area (Å²) in [6.07, 6.45) is 3.93. The van der Waals surface area contributed by atoms with Crippen molar-refractivity contribution in [1.82, 2.24) is 9.80 Å². The first-order valence-electron chi connectivity index (χ1n) is 10.9. The van der Waals surface area contributed by atoms with Gasteiger partial charge in [-0.25, -0.2) is 4.39 Å². The van der Waals surface area contributed by atoms with Crippen LogP contribution in [-0.2, 0) is 16.0 Å². The number of carbonyl (C=O) groups excluding carboxylic acids is 2. The molecule has 2 fully saturated rings. The second-order valence-electron chi connectivity index (χ2n) is 8.53. The van der Waals surface area contributed by atoms with Crippen LogP contribution in [0, 0.1) is 18.7 Å². The van der Waals surface area contributed by atoms with Gasteiger partial charge in [0, 0.05) is 19.6 Å². The van der Waals surface area contributed by atoms with Crippen molar-refractivity contribution in [3.05, 3.63) is 71.0 Å². The van der Waals surface area contributed by atoms with Gasteiger partial charge in [-0.2, -0.15) is 0 Å². The van der Waals surface area contributed by atoms with E-state index in [0.717, 1.165) is 37.8 Å². The van der Waals surface area contributed by atoms with Crippen molar-refractivity contribution in [3.63, 3.8) is 0 Å². The fourth-order valence-corrected chi connectivity index (χ4v) is 4.84. The molecular formula is C25H29FN2O2. The minimum atomic E-state index is -0.302. The molecule has 0 N–H and O–H groups in total. The average Bonchev–Trinajstić information content (AvgIpc) is 3.25. The van der Waals surface area contributed by atoms with Crippen LogP contribution in [0.15, 0.2) is 48.5 Å². The molecule has 4 nitrogen and oxygen atoms in total. The van der Waals surface area contributed by atoms with E-state index in [4.69, 9.17) is 0 Å². The minimum absolute atomic E-state index is 0.0102. The van der Waals surface area contributed by atoms with Crippen LogP contribution in [0.2, 0.25) is 0 Å². The molecule has 5 heteroatoms.